The van der Waals surface area contributed by atoms with Crippen LogP contribution in [0.3, 0.4) is 0 Å². The highest BCUT2D eigenvalue weighted by Crippen LogP contribution is 2.23. The summed E-state index contributed by atoms with van der Waals surface area (Å²) >= 11 is 0. The summed E-state index contributed by atoms with van der Waals surface area (Å²) < 4.78 is 27.5. The Labute approximate surface area is 90.5 Å². The fourth-order valence-electron chi connectivity index (χ4n) is 1.20. The smallest absolute Gasteiger partial charge is 0.342 e. The van der Waals surface area contributed by atoms with Crippen molar-refractivity contribution >= 4 is 5.97 Å². The van der Waals surface area contributed by atoms with Crippen molar-refractivity contribution in [3.8, 4) is 0 Å². The molecule has 1 rings (SSSR count). The van der Waals surface area contributed by atoms with E-state index in [1.54, 1.807) is 0 Å². The Hall–Kier alpha value is -1.98. The molecule has 0 amide bonds. The van der Waals surface area contributed by atoms with Gasteiger partial charge in [-0.15, -0.1) is 6.58 Å². The second-order valence-electron chi connectivity index (χ2n) is 2.96. The lowest BCUT2D eigenvalue weighted by atomic mass is 10.2. The maximum atomic E-state index is 13.5. The molecule has 1 aromatic rings. The van der Waals surface area contributed by atoms with Gasteiger partial charge in [0.15, 0.2) is 6.17 Å². The highest BCUT2D eigenvalue weighted by Gasteiger charge is 2.27. The number of rotatable bonds is 5. The molecule has 6 heteroatoms. The average Bonchev–Trinajstić information content (AvgIpc) is 2.56. The minimum absolute atomic E-state index is 0.0318. The van der Waals surface area contributed by atoms with Crippen LogP contribution in [0.25, 0.3) is 0 Å². The molecule has 0 aliphatic rings. The topological polar surface area (TPSA) is 55.1 Å². The van der Waals surface area contributed by atoms with Gasteiger partial charge in [-0.2, -0.15) is 9.49 Å². The summed E-state index contributed by atoms with van der Waals surface area (Å²) in [7, 11) is 0. The molecular formula is C10H10F2N2O2. The highest BCUT2D eigenvalue weighted by molar-refractivity contribution is 5.89. The van der Waals surface area contributed by atoms with Crippen LogP contribution in [-0.2, 0) is 6.54 Å². The molecule has 0 aromatic carbocycles. The zero-order valence-electron chi connectivity index (χ0n) is 8.36. The molecule has 0 aliphatic carbocycles. The van der Waals surface area contributed by atoms with E-state index in [4.69, 9.17) is 5.11 Å². The average molecular weight is 228 g/mol. The number of hydrogen-bond acceptors (Lipinski definition) is 2. The summed E-state index contributed by atoms with van der Waals surface area (Å²) in [5.41, 5.74) is -1.25. The number of allylic oxidation sites excluding steroid dienone is 2. The number of hydrogen-bond donors (Lipinski definition) is 1. The van der Waals surface area contributed by atoms with E-state index >= 15 is 0 Å². The van der Waals surface area contributed by atoms with Crippen LogP contribution in [0.5, 0.6) is 0 Å². The van der Waals surface area contributed by atoms with Crippen molar-refractivity contribution in [3.05, 3.63) is 42.5 Å². The quantitative estimate of drug-likeness (QED) is 0.785. The predicted molar refractivity (Wildman–Crippen MR) is 53.4 cm³/mol. The highest BCUT2D eigenvalue weighted by atomic mass is 19.1. The predicted octanol–water partition coefficient (Wildman–Crippen LogP) is 2.10. The molecule has 0 saturated heterocycles. The summed E-state index contributed by atoms with van der Waals surface area (Å²) in [6, 6.07) is 0. The van der Waals surface area contributed by atoms with Gasteiger partial charge in [0.25, 0.3) is 0 Å². The van der Waals surface area contributed by atoms with Gasteiger partial charge >= 0.3 is 5.97 Å². The van der Waals surface area contributed by atoms with Gasteiger partial charge in [0.05, 0.1) is 6.54 Å². The Balaban J connectivity index is 3.35. The lowest BCUT2D eigenvalue weighted by Crippen LogP contribution is -2.05. The van der Waals surface area contributed by atoms with Crippen molar-refractivity contribution in [1.29, 1.82) is 0 Å². The number of halogens is 2. The Morgan fingerprint density at radius 1 is 1.62 bits per heavy atom. The summed E-state index contributed by atoms with van der Waals surface area (Å²) in [6.07, 6.45) is 0.366. The molecule has 1 unspecified atom stereocenters. The van der Waals surface area contributed by atoms with Gasteiger partial charge < -0.3 is 5.11 Å². The lowest BCUT2D eigenvalue weighted by Gasteiger charge is -1.98. The van der Waals surface area contributed by atoms with E-state index in [0.29, 0.717) is 0 Å². The van der Waals surface area contributed by atoms with Gasteiger partial charge in [0.2, 0.25) is 5.95 Å². The second-order valence-corrected chi connectivity index (χ2v) is 2.96. The fraction of sp³-hybridized carbons (Fsp3) is 0.200. The summed E-state index contributed by atoms with van der Waals surface area (Å²) in [4.78, 5) is 10.8. The maximum Gasteiger partial charge on any atom is 0.342 e. The monoisotopic (exact) mass is 228 g/mol. The maximum absolute atomic E-state index is 13.5. The van der Waals surface area contributed by atoms with E-state index in [9.17, 15) is 13.6 Å². The van der Waals surface area contributed by atoms with Crippen LogP contribution in [0, 0.1) is 5.95 Å². The van der Waals surface area contributed by atoms with Gasteiger partial charge in [0.1, 0.15) is 11.3 Å². The molecule has 86 valence electrons. The molecule has 0 fully saturated rings. The molecule has 0 radical (unpaired) electrons. The lowest BCUT2D eigenvalue weighted by molar-refractivity contribution is 0.0688. The number of carbonyl (C=O) groups is 1. The standard InChI is InChI=1S/C10H10F2N2O2/c1-3-5-14-9(12)7(10(15)16)8(13-14)6(11)4-2/h3-4,6H,1-2,5H2,(H,15,16). The van der Waals surface area contributed by atoms with Crippen LogP contribution in [0.4, 0.5) is 8.78 Å². The largest absolute Gasteiger partial charge is 0.477 e. The Kier molecular flexibility index (Phi) is 3.55. The molecule has 4 nitrogen and oxygen atoms in total. The van der Waals surface area contributed by atoms with Crippen LogP contribution in [-0.4, -0.2) is 20.9 Å². The molecule has 16 heavy (non-hydrogen) atoms. The second kappa shape index (κ2) is 4.69. The molecular weight excluding hydrogens is 218 g/mol. The van der Waals surface area contributed by atoms with Crippen molar-refractivity contribution in [1.82, 2.24) is 9.78 Å². The van der Waals surface area contributed by atoms with Crippen LogP contribution in [0.2, 0.25) is 0 Å². The van der Waals surface area contributed by atoms with Crippen molar-refractivity contribution in [2.24, 2.45) is 0 Å². The minimum Gasteiger partial charge on any atom is -0.477 e. The van der Waals surface area contributed by atoms with E-state index in [2.05, 4.69) is 18.3 Å². The minimum atomic E-state index is -1.81. The van der Waals surface area contributed by atoms with E-state index in [0.717, 1.165) is 10.8 Å². The zero-order chi connectivity index (χ0) is 12.3. The number of aromatic nitrogens is 2. The molecule has 0 aliphatic heterocycles. The van der Waals surface area contributed by atoms with Crippen molar-refractivity contribution in [2.45, 2.75) is 12.7 Å². The molecule has 1 atom stereocenters. The van der Waals surface area contributed by atoms with Gasteiger partial charge in [0, 0.05) is 0 Å². The van der Waals surface area contributed by atoms with Crippen LogP contribution in [0.15, 0.2) is 25.3 Å². The van der Waals surface area contributed by atoms with Gasteiger partial charge in [-0.3, -0.25) is 0 Å². The molecule has 1 N–H and O–H groups in total. The number of nitrogens with zero attached hydrogens (tertiary/aromatic N) is 2. The molecule has 1 heterocycles. The molecule has 0 bridgehead atoms. The normalized spacial score (nSPS) is 12.1. The van der Waals surface area contributed by atoms with E-state index in [1.165, 1.54) is 6.08 Å². The van der Waals surface area contributed by atoms with E-state index in [-0.39, 0.29) is 6.54 Å². The zero-order valence-corrected chi connectivity index (χ0v) is 8.36. The van der Waals surface area contributed by atoms with Crippen LogP contribution >= 0.6 is 0 Å². The third-order valence-corrected chi connectivity index (χ3v) is 1.90. The van der Waals surface area contributed by atoms with Crippen LogP contribution in [0.1, 0.15) is 22.2 Å². The van der Waals surface area contributed by atoms with E-state index < -0.39 is 29.3 Å². The fourth-order valence-corrected chi connectivity index (χ4v) is 1.20. The first-order chi connectivity index (χ1) is 7.52. The first-order valence-electron chi connectivity index (χ1n) is 4.40. The molecule has 0 spiro atoms. The van der Waals surface area contributed by atoms with Crippen molar-refractivity contribution in [3.63, 3.8) is 0 Å². The number of carboxylic acid groups (broad SMARTS) is 1. The van der Waals surface area contributed by atoms with Crippen LogP contribution < -0.4 is 0 Å². The molecule has 1 aromatic heterocycles. The van der Waals surface area contributed by atoms with Gasteiger partial charge in [-0.25, -0.2) is 13.9 Å². The van der Waals surface area contributed by atoms with Crippen molar-refractivity contribution in [2.75, 3.05) is 0 Å². The summed E-state index contributed by atoms with van der Waals surface area (Å²) in [5.74, 6) is -2.65. The summed E-state index contributed by atoms with van der Waals surface area (Å²) in [6.45, 7) is 6.49. The number of alkyl halides is 1. The third kappa shape index (κ3) is 2.00. The number of carboxylic acids is 1. The first-order valence-corrected chi connectivity index (χ1v) is 4.40. The Morgan fingerprint density at radius 3 is 2.69 bits per heavy atom. The van der Waals surface area contributed by atoms with E-state index in [1.807, 2.05) is 0 Å². The third-order valence-electron chi connectivity index (χ3n) is 1.90. The molecule has 0 saturated carbocycles. The summed E-state index contributed by atoms with van der Waals surface area (Å²) in [5, 5.41) is 12.3. The Morgan fingerprint density at radius 2 is 2.25 bits per heavy atom. The van der Waals surface area contributed by atoms with Crippen molar-refractivity contribution < 1.29 is 18.7 Å². The SMILES string of the molecule is C=CCn1nc(C(F)C=C)c(C(=O)O)c1F. The first kappa shape index (κ1) is 12.1. The Bertz CT molecular complexity index is 440. The van der Waals surface area contributed by atoms with Gasteiger partial charge in [-0.05, 0) is 0 Å². The number of aromatic carboxylic acids is 1. The van der Waals surface area contributed by atoms with Gasteiger partial charge in [-0.1, -0.05) is 18.7 Å².